The number of likely N-dealkylation sites (N-methyl/N-ethyl adjacent to an activating group) is 1. The lowest BCUT2D eigenvalue weighted by Crippen LogP contribution is -2.58. The van der Waals surface area contributed by atoms with E-state index in [0.717, 1.165) is 0 Å². The summed E-state index contributed by atoms with van der Waals surface area (Å²) >= 11 is 0. The molecule has 0 saturated carbocycles. The van der Waals surface area contributed by atoms with Gasteiger partial charge in [0.25, 0.3) is 0 Å². The number of carbonyl (C=O) groups excluding carboxylic acids is 3. The second kappa shape index (κ2) is 8.00. The Morgan fingerprint density at radius 2 is 2.00 bits per heavy atom. The molecule has 1 rings (SSSR count). The average Bonchev–Trinajstić information content (AvgIpc) is 2.41. The van der Waals surface area contributed by atoms with Crippen LogP contribution in [0.2, 0.25) is 0 Å². The van der Waals surface area contributed by atoms with Gasteiger partial charge in [0.15, 0.2) is 0 Å². The van der Waals surface area contributed by atoms with Crippen LogP contribution in [0.15, 0.2) is 0 Å². The quantitative estimate of drug-likeness (QED) is 0.767. The molecule has 1 heterocycles. The highest BCUT2D eigenvalue weighted by Gasteiger charge is 2.30. The third-order valence-corrected chi connectivity index (χ3v) is 3.67. The van der Waals surface area contributed by atoms with Gasteiger partial charge in [-0.1, -0.05) is 0 Å². The minimum Gasteiger partial charge on any atom is -0.463 e. The number of nitrogens with one attached hydrogen (secondary N) is 1. The van der Waals surface area contributed by atoms with Gasteiger partial charge < -0.3 is 19.9 Å². The van der Waals surface area contributed by atoms with Gasteiger partial charge in [-0.25, -0.2) is 4.79 Å². The molecule has 1 aliphatic heterocycles. The summed E-state index contributed by atoms with van der Waals surface area (Å²) in [7, 11) is 1.74. The SMILES string of the molecule is CC(C)OC(=O)CC[C@H](C)NC(=O)N1CC(=O)N(C)[C@@H](C)C1. The highest BCUT2D eigenvalue weighted by molar-refractivity contribution is 5.85. The summed E-state index contributed by atoms with van der Waals surface area (Å²) in [6.07, 6.45) is 0.641. The zero-order valence-corrected chi connectivity index (χ0v) is 14.1. The van der Waals surface area contributed by atoms with Crippen LogP contribution in [0.5, 0.6) is 0 Å². The highest BCUT2D eigenvalue weighted by Crippen LogP contribution is 2.09. The van der Waals surface area contributed by atoms with E-state index in [1.165, 1.54) is 4.90 Å². The Hall–Kier alpha value is -1.79. The van der Waals surface area contributed by atoms with Gasteiger partial charge in [-0.15, -0.1) is 0 Å². The number of hydrogen-bond acceptors (Lipinski definition) is 4. The Morgan fingerprint density at radius 3 is 2.55 bits per heavy atom. The van der Waals surface area contributed by atoms with E-state index in [1.807, 2.05) is 13.8 Å². The molecule has 1 aliphatic rings. The second-order valence-electron chi connectivity index (χ2n) is 6.16. The van der Waals surface area contributed by atoms with E-state index in [2.05, 4.69) is 5.32 Å². The van der Waals surface area contributed by atoms with Gasteiger partial charge in [-0.2, -0.15) is 0 Å². The molecule has 0 aromatic carbocycles. The molecule has 0 aliphatic carbocycles. The number of hydrogen-bond donors (Lipinski definition) is 1. The van der Waals surface area contributed by atoms with Gasteiger partial charge in [0.05, 0.1) is 6.10 Å². The minimum atomic E-state index is -0.266. The Balaban J connectivity index is 2.38. The number of nitrogens with zero attached hydrogens (tertiary/aromatic N) is 2. The number of piperazine rings is 1. The fourth-order valence-corrected chi connectivity index (χ4v) is 2.21. The zero-order chi connectivity index (χ0) is 16.9. The molecule has 0 spiro atoms. The van der Waals surface area contributed by atoms with Gasteiger partial charge in [0, 0.05) is 32.1 Å². The Bertz CT molecular complexity index is 425. The molecule has 3 amide bonds. The van der Waals surface area contributed by atoms with Crippen LogP contribution >= 0.6 is 0 Å². The summed E-state index contributed by atoms with van der Waals surface area (Å²) in [6.45, 7) is 7.94. The van der Waals surface area contributed by atoms with E-state index in [9.17, 15) is 14.4 Å². The summed E-state index contributed by atoms with van der Waals surface area (Å²) in [5.41, 5.74) is 0. The lowest BCUT2D eigenvalue weighted by Gasteiger charge is -2.37. The Kier molecular flexibility index (Phi) is 6.64. The largest absolute Gasteiger partial charge is 0.463 e. The second-order valence-corrected chi connectivity index (χ2v) is 6.16. The van der Waals surface area contributed by atoms with Gasteiger partial charge in [0.1, 0.15) is 6.54 Å². The molecule has 1 saturated heterocycles. The van der Waals surface area contributed by atoms with E-state index in [-0.39, 0.29) is 49.1 Å². The molecule has 7 heteroatoms. The summed E-state index contributed by atoms with van der Waals surface area (Å²) in [4.78, 5) is 38.6. The Morgan fingerprint density at radius 1 is 1.36 bits per heavy atom. The van der Waals surface area contributed by atoms with Crippen molar-refractivity contribution in [3.8, 4) is 0 Å². The molecule has 22 heavy (non-hydrogen) atoms. The van der Waals surface area contributed by atoms with Crippen LogP contribution in [0.1, 0.15) is 40.5 Å². The molecule has 2 atom stereocenters. The number of esters is 1. The topological polar surface area (TPSA) is 79.0 Å². The van der Waals surface area contributed by atoms with Crippen molar-refractivity contribution in [3.63, 3.8) is 0 Å². The van der Waals surface area contributed by atoms with Crippen molar-refractivity contribution in [2.45, 2.75) is 58.7 Å². The van der Waals surface area contributed by atoms with Gasteiger partial charge in [0.2, 0.25) is 5.91 Å². The first kappa shape index (κ1) is 18.3. The number of amides is 3. The lowest BCUT2D eigenvalue weighted by atomic mass is 10.2. The van der Waals surface area contributed by atoms with Crippen LogP contribution in [-0.4, -0.2) is 66.0 Å². The standard InChI is InChI=1S/C15H27N3O4/c1-10(2)22-14(20)7-6-11(3)16-15(21)18-8-12(4)17(5)13(19)9-18/h10-12H,6-9H2,1-5H3,(H,16,21)/t11-,12-/m0/s1. The van der Waals surface area contributed by atoms with E-state index < -0.39 is 0 Å². The van der Waals surface area contributed by atoms with E-state index in [1.54, 1.807) is 25.8 Å². The number of urea groups is 1. The van der Waals surface area contributed by atoms with Crippen molar-refractivity contribution < 1.29 is 19.1 Å². The van der Waals surface area contributed by atoms with Gasteiger partial charge >= 0.3 is 12.0 Å². The number of rotatable bonds is 5. The van der Waals surface area contributed by atoms with Crippen molar-refractivity contribution >= 4 is 17.9 Å². The molecule has 7 nitrogen and oxygen atoms in total. The van der Waals surface area contributed by atoms with Gasteiger partial charge in [-0.3, -0.25) is 9.59 Å². The maximum Gasteiger partial charge on any atom is 0.318 e. The predicted octanol–water partition coefficient (Wildman–Crippen LogP) is 0.979. The van der Waals surface area contributed by atoms with E-state index >= 15 is 0 Å². The van der Waals surface area contributed by atoms with E-state index in [0.29, 0.717) is 13.0 Å². The van der Waals surface area contributed by atoms with Crippen LogP contribution in [-0.2, 0) is 14.3 Å². The first-order chi connectivity index (χ1) is 10.2. The predicted molar refractivity (Wildman–Crippen MR) is 82.3 cm³/mol. The lowest BCUT2D eigenvalue weighted by molar-refractivity contribution is -0.147. The molecule has 0 radical (unpaired) electrons. The third kappa shape index (κ3) is 5.54. The maximum atomic E-state index is 12.2. The first-order valence-electron chi connectivity index (χ1n) is 7.71. The molecular weight excluding hydrogens is 286 g/mol. The molecule has 0 bridgehead atoms. The minimum absolute atomic E-state index is 0.00308. The molecule has 0 aromatic rings. The van der Waals surface area contributed by atoms with Crippen molar-refractivity contribution in [3.05, 3.63) is 0 Å². The maximum absolute atomic E-state index is 12.2. The van der Waals surface area contributed by atoms with Crippen molar-refractivity contribution in [2.24, 2.45) is 0 Å². The molecule has 1 fully saturated rings. The van der Waals surface area contributed by atoms with E-state index in [4.69, 9.17) is 4.74 Å². The van der Waals surface area contributed by atoms with Gasteiger partial charge in [-0.05, 0) is 34.1 Å². The summed E-state index contributed by atoms with van der Waals surface area (Å²) in [5.74, 6) is -0.332. The normalized spacial score (nSPS) is 20.1. The van der Waals surface area contributed by atoms with Crippen LogP contribution in [0.3, 0.4) is 0 Å². The first-order valence-corrected chi connectivity index (χ1v) is 7.71. The Labute approximate surface area is 132 Å². The smallest absolute Gasteiger partial charge is 0.318 e. The fourth-order valence-electron chi connectivity index (χ4n) is 2.21. The number of ether oxygens (including phenoxy) is 1. The summed E-state index contributed by atoms with van der Waals surface area (Å²) in [6, 6.07) is -0.418. The third-order valence-electron chi connectivity index (χ3n) is 3.67. The van der Waals surface area contributed by atoms with Crippen LogP contribution < -0.4 is 5.32 Å². The van der Waals surface area contributed by atoms with Crippen LogP contribution in [0.4, 0.5) is 4.79 Å². The molecule has 0 aromatic heterocycles. The average molecular weight is 313 g/mol. The van der Waals surface area contributed by atoms with Crippen LogP contribution in [0, 0.1) is 0 Å². The van der Waals surface area contributed by atoms with Crippen molar-refractivity contribution in [1.29, 1.82) is 0 Å². The fraction of sp³-hybridized carbons (Fsp3) is 0.800. The summed E-state index contributed by atoms with van der Waals surface area (Å²) in [5, 5.41) is 2.82. The van der Waals surface area contributed by atoms with Crippen molar-refractivity contribution in [2.75, 3.05) is 20.1 Å². The highest BCUT2D eigenvalue weighted by atomic mass is 16.5. The molecular formula is C15H27N3O4. The molecule has 0 unspecified atom stereocenters. The summed E-state index contributed by atoms with van der Waals surface area (Å²) < 4.78 is 5.05. The zero-order valence-electron chi connectivity index (χ0n) is 14.1. The molecule has 1 N–H and O–H groups in total. The number of carbonyl (C=O) groups is 3. The molecule has 126 valence electrons. The monoisotopic (exact) mass is 313 g/mol. The van der Waals surface area contributed by atoms with Crippen LogP contribution in [0.25, 0.3) is 0 Å². The van der Waals surface area contributed by atoms with Crippen molar-refractivity contribution in [1.82, 2.24) is 15.1 Å².